The summed E-state index contributed by atoms with van der Waals surface area (Å²) < 4.78 is 11.1. The number of halogens is 1. The van der Waals surface area contributed by atoms with Crippen LogP contribution in [0.4, 0.5) is 0 Å². The molecular formula is C18H21BrN2O3. The standard InChI is InChI=1S/C18H21BrN2O3/c1-23-14-6-4-13(5-7-14)15(21-10-2-3-11-21)12-20-18(22)16-8-9-17(19)24-16/h4-9,15H,2-3,10-12H2,1H3,(H,20,22)/t15-/m1/s1. The number of hydrogen-bond donors (Lipinski definition) is 1. The van der Waals surface area contributed by atoms with E-state index < -0.39 is 0 Å². The molecule has 1 saturated heterocycles. The highest BCUT2D eigenvalue weighted by Gasteiger charge is 2.24. The zero-order chi connectivity index (χ0) is 16.9. The third kappa shape index (κ3) is 3.99. The van der Waals surface area contributed by atoms with Gasteiger partial charge >= 0.3 is 0 Å². The van der Waals surface area contributed by atoms with Crippen LogP contribution in [0.1, 0.15) is 35.0 Å². The molecule has 0 radical (unpaired) electrons. The van der Waals surface area contributed by atoms with Crippen LogP contribution in [-0.4, -0.2) is 37.6 Å². The Kier molecular flexibility index (Phi) is 5.58. The Morgan fingerprint density at radius 3 is 2.54 bits per heavy atom. The van der Waals surface area contributed by atoms with Crippen molar-refractivity contribution in [2.24, 2.45) is 0 Å². The van der Waals surface area contributed by atoms with Gasteiger partial charge in [0.2, 0.25) is 0 Å². The maximum atomic E-state index is 12.2. The Morgan fingerprint density at radius 2 is 1.96 bits per heavy atom. The van der Waals surface area contributed by atoms with Gasteiger partial charge in [0.1, 0.15) is 5.75 Å². The lowest BCUT2D eigenvalue weighted by Crippen LogP contribution is -2.36. The molecule has 6 heteroatoms. The Hall–Kier alpha value is -1.79. The molecule has 128 valence electrons. The Bertz CT molecular complexity index is 678. The SMILES string of the molecule is COc1ccc([C@@H](CNC(=O)c2ccc(Br)o2)N2CCCC2)cc1. The maximum absolute atomic E-state index is 12.2. The molecule has 1 fully saturated rings. The van der Waals surface area contributed by atoms with E-state index in [1.54, 1.807) is 19.2 Å². The molecule has 1 atom stereocenters. The Balaban J connectivity index is 1.71. The van der Waals surface area contributed by atoms with E-state index in [0.717, 1.165) is 18.8 Å². The van der Waals surface area contributed by atoms with Crippen LogP contribution in [0.3, 0.4) is 0 Å². The average Bonchev–Trinajstić information content (AvgIpc) is 3.27. The largest absolute Gasteiger partial charge is 0.497 e. The molecule has 1 aromatic carbocycles. The second kappa shape index (κ2) is 7.85. The van der Waals surface area contributed by atoms with Crippen molar-refractivity contribution in [1.29, 1.82) is 0 Å². The van der Waals surface area contributed by atoms with Crippen molar-refractivity contribution in [3.05, 3.63) is 52.4 Å². The summed E-state index contributed by atoms with van der Waals surface area (Å²) in [5.74, 6) is 0.957. The van der Waals surface area contributed by atoms with Crippen LogP contribution in [0.2, 0.25) is 0 Å². The smallest absolute Gasteiger partial charge is 0.287 e. The first-order chi connectivity index (χ1) is 11.7. The molecular weight excluding hydrogens is 372 g/mol. The molecule has 3 rings (SSSR count). The van der Waals surface area contributed by atoms with E-state index in [1.807, 2.05) is 12.1 Å². The number of likely N-dealkylation sites (tertiary alicyclic amines) is 1. The van der Waals surface area contributed by atoms with Gasteiger partial charge in [0.15, 0.2) is 10.4 Å². The zero-order valence-corrected chi connectivity index (χ0v) is 15.2. The summed E-state index contributed by atoms with van der Waals surface area (Å²) in [5, 5.41) is 2.99. The maximum Gasteiger partial charge on any atom is 0.287 e. The van der Waals surface area contributed by atoms with Crippen LogP contribution < -0.4 is 10.1 Å². The molecule has 0 spiro atoms. The van der Waals surface area contributed by atoms with Gasteiger partial charge in [-0.2, -0.15) is 0 Å². The number of benzene rings is 1. The molecule has 0 saturated carbocycles. The van der Waals surface area contributed by atoms with E-state index >= 15 is 0 Å². The highest BCUT2D eigenvalue weighted by atomic mass is 79.9. The fourth-order valence-corrected chi connectivity index (χ4v) is 3.36. The lowest BCUT2D eigenvalue weighted by molar-refractivity contribution is 0.0909. The highest BCUT2D eigenvalue weighted by molar-refractivity contribution is 9.10. The minimum absolute atomic E-state index is 0.153. The molecule has 1 N–H and O–H groups in total. The number of ether oxygens (including phenoxy) is 1. The van der Waals surface area contributed by atoms with E-state index in [4.69, 9.17) is 9.15 Å². The number of nitrogens with one attached hydrogen (secondary N) is 1. The van der Waals surface area contributed by atoms with Gasteiger partial charge in [-0.05, 0) is 71.7 Å². The zero-order valence-electron chi connectivity index (χ0n) is 13.6. The summed E-state index contributed by atoms with van der Waals surface area (Å²) >= 11 is 3.22. The van der Waals surface area contributed by atoms with Crippen molar-refractivity contribution < 1.29 is 13.9 Å². The van der Waals surface area contributed by atoms with Crippen molar-refractivity contribution in [3.8, 4) is 5.75 Å². The summed E-state index contributed by atoms with van der Waals surface area (Å²) in [6.45, 7) is 2.65. The molecule has 24 heavy (non-hydrogen) atoms. The number of carbonyl (C=O) groups excluding carboxylic acids is 1. The monoisotopic (exact) mass is 392 g/mol. The van der Waals surface area contributed by atoms with Crippen LogP contribution in [0.15, 0.2) is 45.5 Å². The van der Waals surface area contributed by atoms with Crippen molar-refractivity contribution >= 4 is 21.8 Å². The predicted octanol–water partition coefficient (Wildman–Crippen LogP) is 3.62. The van der Waals surface area contributed by atoms with Crippen molar-refractivity contribution in [2.75, 3.05) is 26.7 Å². The molecule has 1 aromatic heterocycles. The second-order valence-corrected chi connectivity index (χ2v) is 6.63. The quantitative estimate of drug-likeness (QED) is 0.815. The number of methoxy groups -OCH3 is 1. The van der Waals surface area contributed by atoms with Crippen LogP contribution in [0, 0.1) is 0 Å². The topological polar surface area (TPSA) is 54.7 Å². The first kappa shape index (κ1) is 17.0. The Labute approximate surface area is 150 Å². The van der Waals surface area contributed by atoms with Crippen LogP contribution in [0.5, 0.6) is 5.75 Å². The summed E-state index contributed by atoms with van der Waals surface area (Å²) in [4.78, 5) is 14.7. The number of hydrogen-bond acceptors (Lipinski definition) is 4. The molecule has 1 aliphatic rings. The minimum atomic E-state index is -0.196. The predicted molar refractivity (Wildman–Crippen MR) is 95.3 cm³/mol. The lowest BCUT2D eigenvalue weighted by atomic mass is 10.1. The van der Waals surface area contributed by atoms with Gasteiger partial charge in [-0.3, -0.25) is 9.69 Å². The lowest BCUT2D eigenvalue weighted by Gasteiger charge is -2.28. The van der Waals surface area contributed by atoms with Gasteiger partial charge < -0.3 is 14.5 Å². The number of furan rings is 1. The normalized spacial score (nSPS) is 16.1. The van der Waals surface area contributed by atoms with Gasteiger partial charge in [-0.15, -0.1) is 0 Å². The third-order valence-corrected chi connectivity index (χ3v) is 4.76. The third-order valence-electron chi connectivity index (χ3n) is 4.33. The molecule has 2 aromatic rings. The molecule has 0 bridgehead atoms. The summed E-state index contributed by atoms with van der Waals surface area (Å²) in [6, 6.07) is 11.6. The van der Waals surface area contributed by atoms with E-state index in [1.165, 1.54) is 18.4 Å². The minimum Gasteiger partial charge on any atom is -0.497 e. The van der Waals surface area contributed by atoms with Crippen molar-refractivity contribution in [2.45, 2.75) is 18.9 Å². The average molecular weight is 393 g/mol. The number of carbonyl (C=O) groups is 1. The fourth-order valence-electron chi connectivity index (χ4n) is 3.05. The van der Waals surface area contributed by atoms with Gasteiger partial charge in [0.05, 0.1) is 13.2 Å². The summed E-state index contributed by atoms with van der Waals surface area (Å²) in [7, 11) is 1.66. The van der Waals surface area contributed by atoms with E-state index in [-0.39, 0.29) is 11.9 Å². The van der Waals surface area contributed by atoms with E-state index in [9.17, 15) is 4.79 Å². The molecule has 2 heterocycles. The van der Waals surface area contributed by atoms with Gasteiger partial charge in [0, 0.05) is 6.54 Å². The second-order valence-electron chi connectivity index (χ2n) is 5.85. The summed E-state index contributed by atoms with van der Waals surface area (Å²) in [5.41, 5.74) is 1.18. The summed E-state index contributed by atoms with van der Waals surface area (Å²) in [6.07, 6.45) is 2.40. The number of nitrogens with zero attached hydrogens (tertiary/aromatic N) is 1. The van der Waals surface area contributed by atoms with E-state index in [0.29, 0.717) is 17.0 Å². The molecule has 0 aliphatic carbocycles. The molecule has 1 aliphatic heterocycles. The van der Waals surface area contributed by atoms with Crippen LogP contribution >= 0.6 is 15.9 Å². The van der Waals surface area contributed by atoms with Gasteiger partial charge in [-0.1, -0.05) is 12.1 Å². The van der Waals surface area contributed by atoms with Crippen LogP contribution in [-0.2, 0) is 0 Å². The molecule has 1 amide bonds. The molecule has 0 unspecified atom stereocenters. The number of rotatable bonds is 6. The van der Waals surface area contributed by atoms with Crippen molar-refractivity contribution in [1.82, 2.24) is 10.2 Å². The first-order valence-corrected chi connectivity index (χ1v) is 8.88. The van der Waals surface area contributed by atoms with Crippen LogP contribution in [0.25, 0.3) is 0 Å². The fraction of sp³-hybridized carbons (Fsp3) is 0.389. The van der Waals surface area contributed by atoms with Gasteiger partial charge in [0.25, 0.3) is 5.91 Å². The first-order valence-electron chi connectivity index (χ1n) is 8.09. The Morgan fingerprint density at radius 1 is 1.25 bits per heavy atom. The van der Waals surface area contributed by atoms with Gasteiger partial charge in [-0.25, -0.2) is 0 Å². The molecule has 5 nitrogen and oxygen atoms in total. The van der Waals surface area contributed by atoms with Crippen molar-refractivity contribution in [3.63, 3.8) is 0 Å². The van der Waals surface area contributed by atoms with E-state index in [2.05, 4.69) is 38.3 Å². The number of amides is 1. The highest BCUT2D eigenvalue weighted by Crippen LogP contribution is 2.26.